The van der Waals surface area contributed by atoms with Crippen LogP contribution in [0.1, 0.15) is 219 Å². The molecule has 129 heavy (non-hydrogen) atoms. The highest BCUT2D eigenvalue weighted by atomic mass is 35.5. The molecule has 12 rings (SSSR count). The molecule has 22 nitrogen and oxygen atoms in total. The lowest BCUT2D eigenvalue weighted by molar-refractivity contribution is -0.164. The van der Waals surface area contributed by atoms with Gasteiger partial charge in [0.05, 0.1) is 82.2 Å². The minimum Gasteiger partial charge on any atom is -0.490 e. The van der Waals surface area contributed by atoms with Crippen LogP contribution in [-0.2, 0) is 52.3 Å². The number of carbonyl (C=O) groups excluding carboxylic acids is 3. The SMILES string of the molecule is COC(=O)[C@@H](OC(C)(C)C)c1c(C)nc(-c2ccc(C)c(C)c2)c(C)c1-c1ccc2c(c1)NCCO2.COC(=O)[C@@H](OC(C)(C)C)c1c(C)nc(-c2ccc(C)c(C)c2)c(C)c1Cl.COC(=O)[C@@H](OC(C)(C)C)c1c(C)nc(Cl)c(C)c1Cl.Cc1ccc(-c2nc(C)c([C@H](OC(C)(C)C)C(=O)O)c(-c3ccc4c(c3)NCCO4)c2C)cc1C.Cc1ccc(B(O)O)cc1C. The number of hydrogen-bond donors (Lipinski definition) is 5. The van der Waals surface area contributed by atoms with Gasteiger partial charge in [0, 0.05) is 80.4 Å². The first kappa shape index (κ1) is 104. The maximum Gasteiger partial charge on any atom is 0.488 e. The zero-order chi connectivity index (χ0) is 96.3. The molecule has 0 saturated carbocycles. The second-order valence-corrected chi connectivity index (χ2v) is 37.7. The van der Waals surface area contributed by atoms with Gasteiger partial charge in [-0.05, 0) is 325 Å². The average molecular weight is 1820 g/mol. The fourth-order valence-corrected chi connectivity index (χ4v) is 15.7. The number of ether oxygens (including phenoxy) is 9. The van der Waals surface area contributed by atoms with Crippen LogP contribution < -0.4 is 25.6 Å². The third kappa shape index (κ3) is 26.5. The Labute approximate surface area is 777 Å². The second kappa shape index (κ2) is 43.6. The lowest BCUT2D eigenvalue weighted by Crippen LogP contribution is -2.29. The van der Waals surface area contributed by atoms with E-state index in [4.69, 9.17) is 102 Å². The molecule has 0 spiro atoms. The number of carboxylic acids is 1. The van der Waals surface area contributed by atoms with Gasteiger partial charge >= 0.3 is 31.0 Å². The molecule has 2 aliphatic rings. The molecule has 4 aromatic heterocycles. The quantitative estimate of drug-likeness (QED) is 0.0231. The highest BCUT2D eigenvalue weighted by molar-refractivity contribution is 6.58. The number of halogens is 3. The van der Waals surface area contributed by atoms with Crippen LogP contribution in [0.5, 0.6) is 11.5 Å². The molecule has 0 saturated heterocycles. The van der Waals surface area contributed by atoms with E-state index < -0.39 is 77.8 Å². The Bertz CT molecular complexity index is 5790. The van der Waals surface area contributed by atoms with Gasteiger partial charge in [0.2, 0.25) is 0 Å². The van der Waals surface area contributed by atoms with E-state index in [1.165, 1.54) is 54.7 Å². The Hall–Kier alpha value is -10.3. The zero-order valence-corrected chi connectivity index (χ0v) is 82.9. The van der Waals surface area contributed by atoms with E-state index in [1.54, 1.807) is 26.0 Å². The van der Waals surface area contributed by atoms with Gasteiger partial charge < -0.3 is 68.4 Å². The third-order valence-corrected chi connectivity index (χ3v) is 23.3. The largest absolute Gasteiger partial charge is 0.490 e. The molecule has 0 amide bonds. The summed E-state index contributed by atoms with van der Waals surface area (Å²) in [6, 6.07) is 36.3. The number of rotatable bonds is 18. The van der Waals surface area contributed by atoms with Gasteiger partial charge in [-0.3, -0.25) is 15.0 Å². The first-order valence-electron chi connectivity index (χ1n) is 43.0. The number of aromatic nitrogens is 4. The van der Waals surface area contributed by atoms with E-state index in [-0.39, 0.29) is 0 Å². The number of nitrogens with zero attached hydrogens (tertiary/aromatic N) is 4. The summed E-state index contributed by atoms with van der Waals surface area (Å²) in [6.07, 6.45) is -3.95. The number of aliphatic carboxylic acids is 1. The van der Waals surface area contributed by atoms with Gasteiger partial charge in [-0.15, -0.1) is 0 Å². The number of carboxylic acid groups (broad SMARTS) is 1. The summed E-state index contributed by atoms with van der Waals surface area (Å²) in [5.74, 6) is -0.888. The van der Waals surface area contributed by atoms with E-state index in [2.05, 4.69) is 119 Å². The van der Waals surface area contributed by atoms with E-state index in [1.807, 2.05) is 174 Å². The number of anilines is 2. The van der Waals surface area contributed by atoms with Crippen molar-refractivity contribution in [2.75, 3.05) is 58.3 Å². The smallest absolute Gasteiger partial charge is 0.488 e. The summed E-state index contributed by atoms with van der Waals surface area (Å²) < 4.78 is 50.7. The Morgan fingerprint density at radius 2 is 0.667 bits per heavy atom. The van der Waals surface area contributed by atoms with Gasteiger partial charge in [0.15, 0.2) is 24.4 Å². The van der Waals surface area contributed by atoms with Crippen molar-refractivity contribution in [3.8, 4) is 67.5 Å². The molecule has 5 N–H and O–H groups in total. The summed E-state index contributed by atoms with van der Waals surface area (Å²) in [7, 11) is 2.68. The van der Waals surface area contributed by atoms with E-state index >= 15 is 0 Å². The van der Waals surface area contributed by atoms with Crippen molar-refractivity contribution < 1.29 is 77.0 Å². The monoisotopic (exact) mass is 1820 g/mol. The van der Waals surface area contributed by atoms with Crippen LogP contribution in [-0.4, -0.2) is 136 Å². The van der Waals surface area contributed by atoms with Gasteiger partial charge in [-0.25, -0.2) is 24.2 Å². The molecule has 10 aromatic rings. The minimum absolute atomic E-state index is 0.315. The number of carbonyl (C=O) groups is 4. The van der Waals surface area contributed by atoms with Crippen LogP contribution in [0.3, 0.4) is 0 Å². The van der Waals surface area contributed by atoms with Gasteiger partial charge in [-0.1, -0.05) is 102 Å². The van der Waals surface area contributed by atoms with Crippen molar-refractivity contribution in [1.82, 2.24) is 19.9 Å². The van der Waals surface area contributed by atoms with Crippen molar-refractivity contribution >= 4 is 82.6 Å². The number of fused-ring (bicyclic) bond motifs is 2. The van der Waals surface area contributed by atoms with Crippen molar-refractivity contribution in [1.29, 1.82) is 0 Å². The maximum atomic E-state index is 13.1. The predicted molar refractivity (Wildman–Crippen MR) is 517 cm³/mol. The molecule has 0 radical (unpaired) electrons. The fourth-order valence-electron chi connectivity index (χ4n) is 14.8. The second-order valence-electron chi connectivity index (χ2n) is 36.6. The lowest BCUT2D eigenvalue weighted by Gasteiger charge is -2.30. The first-order valence-corrected chi connectivity index (χ1v) is 44.1. The van der Waals surface area contributed by atoms with Crippen LogP contribution in [0.25, 0.3) is 56.0 Å². The Morgan fingerprint density at radius 1 is 0.372 bits per heavy atom. The van der Waals surface area contributed by atoms with Crippen molar-refractivity contribution in [2.45, 2.75) is 241 Å². The number of benzene rings is 6. The number of hydrogen-bond acceptors (Lipinski definition) is 21. The summed E-state index contributed by atoms with van der Waals surface area (Å²) in [5, 5.41) is 35.8. The predicted octanol–water partition coefficient (Wildman–Crippen LogP) is 22.6. The van der Waals surface area contributed by atoms with Crippen molar-refractivity contribution in [2.24, 2.45) is 0 Å². The average Bonchev–Trinajstić information content (AvgIpc) is 0.749. The Balaban J connectivity index is 0.000000208. The Kier molecular flexibility index (Phi) is 35.2. The molecule has 0 unspecified atom stereocenters. The molecule has 0 bridgehead atoms. The van der Waals surface area contributed by atoms with E-state index in [0.717, 1.165) is 131 Å². The topological polar surface area (TPSA) is 288 Å². The first-order chi connectivity index (χ1) is 60.1. The molecule has 690 valence electrons. The summed E-state index contributed by atoms with van der Waals surface area (Å²) in [5.41, 5.74) is 26.9. The molecular weight excluding hydrogens is 1690 g/mol. The minimum atomic E-state index is -1.35. The molecule has 6 aromatic carbocycles. The molecule has 26 heteroatoms. The molecular formula is C103H128BCl3N6O16. The molecule has 4 atom stereocenters. The van der Waals surface area contributed by atoms with Crippen molar-refractivity contribution in [3.63, 3.8) is 0 Å². The maximum absolute atomic E-state index is 13.1. The molecule has 6 heterocycles. The standard InChI is InChI=1S/C30H36N2O4.C29H34N2O4.C22H28ClNO3.C14H19Cl2NO3.C8H11BO2/c1-17-9-10-22(15-18(17)2)27-19(3)25(21-11-12-24-23(16-21)31-13-14-35-24)26(20(4)32-27)28(29(33)34-8)36-30(5,6)7;1-16-8-9-21(14-17(16)2)26-18(3)24(20-10-11-23-22(15-20)30-12-13-34-23)25(19(4)31-26)27(28(32)33)35-29(5,6)7;1-12-9-10-16(11-13(12)2)19-14(3)18(23)17(15(4)24-19)20(21(25)26-8)27-22(5,6)7;1-7-10(15)9(8(2)17-12(7)16)11(13(18)19-6)20-14(3,4)5;1-6-3-4-8(9(10)11)5-7(6)2/h9-12,15-16,28,31H,13-14H2,1-8H3;8-11,14-15,27,30H,12-13H2,1-7H3,(H,32,33);9-11,20H,1-8H3;11H,1-6H3;3-5,10-11H,1-2H3/t28-;27-;20-;11-;/m0000./s1. The van der Waals surface area contributed by atoms with Gasteiger partial charge in [0.1, 0.15) is 29.9 Å². The van der Waals surface area contributed by atoms with E-state index in [9.17, 15) is 24.3 Å². The number of pyridine rings is 4. The van der Waals surface area contributed by atoms with Crippen LogP contribution in [0.15, 0.2) is 109 Å². The van der Waals surface area contributed by atoms with E-state index in [0.29, 0.717) is 73.2 Å². The van der Waals surface area contributed by atoms with Crippen LogP contribution in [0.2, 0.25) is 15.2 Å². The fraction of sp³-hybridized carbons (Fsp3) is 0.417. The number of methoxy groups -OCH3 is 3. The normalized spacial score (nSPS) is 13.2. The summed E-state index contributed by atoms with van der Waals surface area (Å²) in [6.45, 7) is 56.8. The van der Waals surface area contributed by atoms with Gasteiger partial charge in [-0.2, -0.15) is 0 Å². The number of nitrogens with one attached hydrogen (secondary N) is 2. The van der Waals surface area contributed by atoms with Gasteiger partial charge in [0.25, 0.3) is 0 Å². The summed E-state index contributed by atoms with van der Waals surface area (Å²) in [4.78, 5) is 69.0. The molecule has 0 aliphatic carbocycles. The molecule has 0 fully saturated rings. The molecule has 2 aliphatic heterocycles. The summed E-state index contributed by atoms with van der Waals surface area (Å²) >= 11 is 19.0. The van der Waals surface area contributed by atoms with Crippen LogP contribution in [0, 0.1) is 111 Å². The lowest BCUT2D eigenvalue weighted by atomic mass is 9.79. The highest BCUT2D eigenvalue weighted by Crippen LogP contribution is 2.47. The number of aryl methyl sites for hydroxylation is 12. The van der Waals surface area contributed by atoms with Crippen LogP contribution >= 0.6 is 34.8 Å². The number of esters is 3. The third-order valence-electron chi connectivity index (χ3n) is 21.9. The zero-order valence-electron chi connectivity index (χ0n) is 80.7. The highest BCUT2D eigenvalue weighted by Gasteiger charge is 2.39. The Morgan fingerprint density at radius 3 is 0.992 bits per heavy atom. The van der Waals surface area contributed by atoms with Crippen molar-refractivity contribution in [3.05, 3.63) is 236 Å². The van der Waals surface area contributed by atoms with Crippen LogP contribution in [0.4, 0.5) is 11.4 Å².